The average molecular weight is 177 g/mol. The van der Waals surface area contributed by atoms with Crippen LogP contribution in [0.3, 0.4) is 0 Å². The summed E-state index contributed by atoms with van der Waals surface area (Å²) in [6.07, 6.45) is 0. The Balaban J connectivity index is 2.50. The second-order valence-corrected chi connectivity index (χ2v) is 3.38. The summed E-state index contributed by atoms with van der Waals surface area (Å²) in [6, 6.07) is 0.249. The number of hydrogen-bond acceptors (Lipinski definition) is 2. The molecule has 0 N–H and O–H groups in total. The Morgan fingerprint density at radius 1 is 1.55 bits per heavy atom. The maximum absolute atomic E-state index is 10.8. The first-order valence-corrected chi connectivity index (χ1v) is 4.13. The molecule has 1 atom stereocenters. The van der Waals surface area contributed by atoms with E-state index in [1.54, 1.807) is 4.90 Å². The van der Waals surface area contributed by atoms with Crippen LogP contribution in [0.4, 0.5) is 4.79 Å². The lowest BCUT2D eigenvalue weighted by atomic mass is 10.2. The molecule has 0 bridgehead atoms. The zero-order valence-electron chi connectivity index (χ0n) is 6.88. The molecule has 0 saturated carbocycles. The highest BCUT2D eigenvalue weighted by molar-refractivity contribution is 6.62. The molecule has 1 saturated heterocycles. The number of piperazine rings is 1. The van der Waals surface area contributed by atoms with Gasteiger partial charge in [-0.3, -0.25) is 4.79 Å². The third kappa shape index (κ3) is 2.07. The molecule has 1 heterocycles. The van der Waals surface area contributed by atoms with Crippen LogP contribution in [0.1, 0.15) is 6.92 Å². The summed E-state index contributed by atoms with van der Waals surface area (Å²) in [7, 11) is 2.05. The lowest BCUT2D eigenvalue weighted by Crippen LogP contribution is -2.51. The second-order valence-electron chi connectivity index (χ2n) is 3.06. The molecule has 1 aliphatic rings. The number of rotatable bonds is 0. The van der Waals surface area contributed by atoms with Gasteiger partial charge >= 0.3 is 5.37 Å². The van der Waals surface area contributed by atoms with Gasteiger partial charge in [0.2, 0.25) is 0 Å². The highest BCUT2D eigenvalue weighted by Crippen LogP contribution is 2.09. The van der Waals surface area contributed by atoms with Crippen LogP contribution < -0.4 is 0 Å². The molecule has 0 aromatic carbocycles. The highest BCUT2D eigenvalue weighted by atomic mass is 35.5. The Labute approximate surface area is 71.9 Å². The van der Waals surface area contributed by atoms with Crippen LogP contribution in [0.2, 0.25) is 0 Å². The number of likely N-dealkylation sites (N-methyl/N-ethyl adjacent to an activating group) is 1. The Bertz CT molecular complexity index is 163. The van der Waals surface area contributed by atoms with E-state index in [2.05, 4.69) is 4.90 Å². The molecule has 0 radical (unpaired) electrons. The van der Waals surface area contributed by atoms with Gasteiger partial charge in [0, 0.05) is 25.7 Å². The Morgan fingerprint density at radius 3 is 2.64 bits per heavy atom. The summed E-state index contributed by atoms with van der Waals surface area (Å²) in [5, 5.41) is -0.328. The predicted octanol–water partition coefficient (Wildman–Crippen LogP) is 0.981. The Hall–Kier alpha value is -0.280. The summed E-state index contributed by atoms with van der Waals surface area (Å²) < 4.78 is 0. The largest absolute Gasteiger partial charge is 0.324 e. The second kappa shape index (κ2) is 3.41. The van der Waals surface area contributed by atoms with Crippen LogP contribution in [0.15, 0.2) is 0 Å². The summed E-state index contributed by atoms with van der Waals surface area (Å²) in [5.74, 6) is 0. The van der Waals surface area contributed by atoms with Crippen molar-refractivity contribution in [1.82, 2.24) is 9.80 Å². The van der Waals surface area contributed by atoms with E-state index >= 15 is 0 Å². The predicted molar refractivity (Wildman–Crippen MR) is 44.9 cm³/mol. The van der Waals surface area contributed by atoms with Crippen molar-refractivity contribution in [3.63, 3.8) is 0 Å². The van der Waals surface area contributed by atoms with Gasteiger partial charge in [0.1, 0.15) is 0 Å². The molecule has 0 aromatic heterocycles. The maximum atomic E-state index is 10.8. The summed E-state index contributed by atoms with van der Waals surface area (Å²) in [4.78, 5) is 14.7. The molecule has 64 valence electrons. The minimum atomic E-state index is -0.328. The third-order valence-corrected chi connectivity index (χ3v) is 2.27. The molecule has 0 aromatic rings. The van der Waals surface area contributed by atoms with Crippen molar-refractivity contribution in [2.75, 3.05) is 26.7 Å². The van der Waals surface area contributed by atoms with Crippen molar-refractivity contribution >= 4 is 17.0 Å². The van der Waals surface area contributed by atoms with E-state index in [0.717, 1.165) is 19.6 Å². The van der Waals surface area contributed by atoms with Gasteiger partial charge < -0.3 is 9.80 Å². The molecule has 4 heteroatoms. The van der Waals surface area contributed by atoms with Gasteiger partial charge in [-0.25, -0.2) is 0 Å². The Morgan fingerprint density at radius 2 is 2.18 bits per heavy atom. The lowest BCUT2D eigenvalue weighted by Gasteiger charge is -2.36. The molecule has 0 spiro atoms. The molecular weight excluding hydrogens is 164 g/mol. The van der Waals surface area contributed by atoms with Crippen molar-refractivity contribution in [3.05, 3.63) is 0 Å². The van der Waals surface area contributed by atoms with Gasteiger partial charge in [0.15, 0.2) is 0 Å². The van der Waals surface area contributed by atoms with Gasteiger partial charge in [-0.05, 0) is 25.6 Å². The van der Waals surface area contributed by atoms with Crippen LogP contribution in [0, 0.1) is 0 Å². The maximum Gasteiger partial charge on any atom is 0.316 e. The van der Waals surface area contributed by atoms with E-state index in [1.807, 2.05) is 14.0 Å². The topological polar surface area (TPSA) is 23.6 Å². The molecule has 1 fully saturated rings. The molecule has 1 aliphatic heterocycles. The third-order valence-electron chi connectivity index (χ3n) is 2.06. The normalized spacial score (nSPS) is 27.2. The molecule has 0 aliphatic carbocycles. The van der Waals surface area contributed by atoms with Crippen LogP contribution in [-0.4, -0.2) is 47.9 Å². The van der Waals surface area contributed by atoms with Crippen molar-refractivity contribution in [1.29, 1.82) is 0 Å². The van der Waals surface area contributed by atoms with E-state index in [-0.39, 0.29) is 11.4 Å². The minimum absolute atomic E-state index is 0.249. The van der Waals surface area contributed by atoms with Gasteiger partial charge in [0.25, 0.3) is 0 Å². The molecule has 1 amide bonds. The average Bonchev–Trinajstić information content (AvgIpc) is 1.85. The van der Waals surface area contributed by atoms with E-state index in [9.17, 15) is 4.79 Å². The molecular formula is C7H13ClN2O. The summed E-state index contributed by atoms with van der Waals surface area (Å²) in [6.45, 7) is 4.59. The van der Waals surface area contributed by atoms with E-state index < -0.39 is 0 Å². The summed E-state index contributed by atoms with van der Waals surface area (Å²) >= 11 is 5.37. The SMILES string of the molecule is C[C@@H]1CN(C)CCN1C(=O)Cl. The molecule has 3 nitrogen and oxygen atoms in total. The lowest BCUT2D eigenvalue weighted by molar-refractivity contribution is 0.131. The van der Waals surface area contributed by atoms with Crippen LogP contribution in [-0.2, 0) is 0 Å². The first-order chi connectivity index (χ1) is 5.11. The summed E-state index contributed by atoms with van der Waals surface area (Å²) in [5.41, 5.74) is 0. The fourth-order valence-electron chi connectivity index (χ4n) is 1.40. The van der Waals surface area contributed by atoms with E-state index in [0.29, 0.717) is 0 Å². The van der Waals surface area contributed by atoms with E-state index in [4.69, 9.17) is 11.6 Å². The van der Waals surface area contributed by atoms with Crippen molar-refractivity contribution in [2.24, 2.45) is 0 Å². The van der Waals surface area contributed by atoms with E-state index in [1.165, 1.54) is 0 Å². The quantitative estimate of drug-likeness (QED) is 0.406. The van der Waals surface area contributed by atoms with Gasteiger partial charge in [0.05, 0.1) is 0 Å². The van der Waals surface area contributed by atoms with Crippen molar-refractivity contribution in [2.45, 2.75) is 13.0 Å². The van der Waals surface area contributed by atoms with Crippen LogP contribution in [0.25, 0.3) is 0 Å². The Kier molecular flexibility index (Phi) is 2.73. The smallest absolute Gasteiger partial charge is 0.316 e. The number of nitrogens with zero attached hydrogens (tertiary/aromatic N) is 2. The van der Waals surface area contributed by atoms with Gasteiger partial charge in [-0.1, -0.05) is 0 Å². The zero-order chi connectivity index (χ0) is 8.43. The number of carbonyl (C=O) groups excluding carboxylic acids is 1. The molecule has 11 heavy (non-hydrogen) atoms. The van der Waals surface area contributed by atoms with Gasteiger partial charge in [-0.2, -0.15) is 0 Å². The number of hydrogen-bond donors (Lipinski definition) is 0. The minimum Gasteiger partial charge on any atom is -0.324 e. The van der Waals surface area contributed by atoms with Gasteiger partial charge in [-0.15, -0.1) is 0 Å². The fraction of sp³-hybridized carbons (Fsp3) is 0.857. The first kappa shape index (κ1) is 8.81. The monoisotopic (exact) mass is 176 g/mol. The standard InChI is InChI=1S/C7H13ClN2O/c1-6-5-9(2)3-4-10(6)7(8)11/h6H,3-5H2,1-2H3/t6-/m1/s1. The zero-order valence-corrected chi connectivity index (χ0v) is 7.64. The highest BCUT2D eigenvalue weighted by Gasteiger charge is 2.23. The van der Waals surface area contributed by atoms with Crippen LogP contribution >= 0.6 is 11.6 Å². The molecule has 0 unspecified atom stereocenters. The number of carbonyl (C=O) groups is 1. The van der Waals surface area contributed by atoms with Crippen molar-refractivity contribution in [3.8, 4) is 0 Å². The first-order valence-electron chi connectivity index (χ1n) is 3.76. The number of halogens is 1. The van der Waals surface area contributed by atoms with Crippen molar-refractivity contribution < 1.29 is 4.79 Å². The fourth-order valence-corrected chi connectivity index (χ4v) is 1.65. The number of amides is 1. The molecule has 1 rings (SSSR count). The van der Waals surface area contributed by atoms with Crippen LogP contribution in [0.5, 0.6) is 0 Å².